The van der Waals surface area contributed by atoms with Gasteiger partial charge in [-0.3, -0.25) is 0 Å². The first-order chi connectivity index (χ1) is 4.74. The van der Waals surface area contributed by atoms with Crippen molar-refractivity contribution in [3.05, 3.63) is 21.5 Å². The van der Waals surface area contributed by atoms with Crippen molar-refractivity contribution in [1.82, 2.24) is 4.98 Å². The summed E-state index contributed by atoms with van der Waals surface area (Å²) in [6.45, 7) is 0. The topological polar surface area (TPSA) is 56.9 Å². The van der Waals surface area contributed by atoms with Crippen LogP contribution in [0.4, 0.5) is 0 Å². The van der Waals surface area contributed by atoms with Gasteiger partial charge in [-0.25, -0.2) is 4.98 Å². The zero-order chi connectivity index (χ0) is 7.56. The molecular formula is C6H3IN2O. The fourth-order valence-corrected chi connectivity index (χ4v) is 1.09. The van der Waals surface area contributed by atoms with Crippen LogP contribution in [0.1, 0.15) is 5.69 Å². The predicted octanol–water partition coefficient (Wildman–Crippen LogP) is 1.26. The van der Waals surface area contributed by atoms with Crippen molar-refractivity contribution in [2.24, 2.45) is 0 Å². The van der Waals surface area contributed by atoms with Gasteiger partial charge in [-0.05, 0) is 28.7 Å². The van der Waals surface area contributed by atoms with Crippen LogP contribution in [-0.2, 0) is 0 Å². The molecule has 4 heteroatoms. The summed E-state index contributed by atoms with van der Waals surface area (Å²) in [4.78, 5) is 3.68. The molecule has 0 unspecified atom stereocenters. The average Bonchev–Trinajstić information content (AvgIpc) is 1.88. The summed E-state index contributed by atoms with van der Waals surface area (Å²) in [5, 5.41) is 17.3. The molecule has 0 aliphatic rings. The lowest BCUT2D eigenvalue weighted by molar-refractivity contribution is 0.472. The molecule has 50 valence electrons. The molecule has 0 atom stereocenters. The second-order valence-electron chi connectivity index (χ2n) is 1.64. The van der Waals surface area contributed by atoms with Crippen molar-refractivity contribution in [3.8, 4) is 11.8 Å². The zero-order valence-electron chi connectivity index (χ0n) is 4.87. The summed E-state index contributed by atoms with van der Waals surface area (Å²) in [5.74, 6) is 0.0865. The number of nitrogens with zero attached hydrogens (tertiary/aromatic N) is 2. The van der Waals surface area contributed by atoms with Gasteiger partial charge in [0.15, 0.2) is 5.69 Å². The van der Waals surface area contributed by atoms with Crippen molar-refractivity contribution in [3.63, 3.8) is 0 Å². The number of aromatic hydroxyl groups is 1. The standard InChI is InChI=1S/C6H3IN2O/c7-5-1-4(10)3-9-6(5)2-8/h1,3,10H. The Morgan fingerprint density at radius 2 is 2.40 bits per heavy atom. The third-order valence-corrected chi connectivity index (χ3v) is 1.75. The number of rotatable bonds is 0. The van der Waals surface area contributed by atoms with E-state index in [1.807, 2.05) is 28.7 Å². The van der Waals surface area contributed by atoms with Crippen molar-refractivity contribution in [2.75, 3.05) is 0 Å². The zero-order valence-corrected chi connectivity index (χ0v) is 7.03. The largest absolute Gasteiger partial charge is 0.506 e. The van der Waals surface area contributed by atoms with Gasteiger partial charge in [-0.2, -0.15) is 5.26 Å². The molecule has 0 saturated heterocycles. The van der Waals surface area contributed by atoms with Gasteiger partial charge in [0.1, 0.15) is 11.8 Å². The average molecular weight is 246 g/mol. The normalized spacial score (nSPS) is 8.80. The molecule has 1 N–H and O–H groups in total. The minimum atomic E-state index is 0.0865. The van der Waals surface area contributed by atoms with Gasteiger partial charge < -0.3 is 5.11 Å². The number of hydrogen-bond acceptors (Lipinski definition) is 3. The molecule has 0 radical (unpaired) electrons. The van der Waals surface area contributed by atoms with Crippen LogP contribution in [0.25, 0.3) is 0 Å². The van der Waals surface area contributed by atoms with Gasteiger partial charge in [-0.15, -0.1) is 0 Å². The highest BCUT2D eigenvalue weighted by atomic mass is 127. The van der Waals surface area contributed by atoms with Gasteiger partial charge in [0.05, 0.1) is 9.77 Å². The van der Waals surface area contributed by atoms with E-state index in [1.54, 1.807) is 0 Å². The van der Waals surface area contributed by atoms with Crippen LogP contribution in [-0.4, -0.2) is 10.1 Å². The fourth-order valence-electron chi connectivity index (χ4n) is 0.510. The van der Waals surface area contributed by atoms with Crippen molar-refractivity contribution >= 4 is 22.6 Å². The molecule has 0 aromatic carbocycles. The third-order valence-electron chi connectivity index (χ3n) is 0.933. The number of pyridine rings is 1. The van der Waals surface area contributed by atoms with Crippen LogP contribution in [0.2, 0.25) is 0 Å². The third kappa shape index (κ3) is 1.36. The van der Waals surface area contributed by atoms with E-state index >= 15 is 0 Å². The minimum absolute atomic E-state index is 0.0865. The second kappa shape index (κ2) is 2.84. The van der Waals surface area contributed by atoms with E-state index in [2.05, 4.69) is 4.98 Å². The Hall–Kier alpha value is -0.830. The van der Waals surface area contributed by atoms with Crippen LogP contribution in [0.3, 0.4) is 0 Å². The smallest absolute Gasteiger partial charge is 0.154 e. The summed E-state index contributed by atoms with van der Waals surface area (Å²) in [5.41, 5.74) is 0.346. The van der Waals surface area contributed by atoms with Crippen LogP contribution < -0.4 is 0 Å². The lowest BCUT2D eigenvalue weighted by Gasteiger charge is -1.92. The number of nitriles is 1. The van der Waals surface area contributed by atoms with Crippen LogP contribution in [0.5, 0.6) is 5.75 Å². The summed E-state index contributed by atoms with van der Waals surface area (Å²) < 4.78 is 0.667. The highest BCUT2D eigenvalue weighted by Gasteiger charge is 1.99. The lowest BCUT2D eigenvalue weighted by atomic mass is 10.4. The summed E-state index contributed by atoms with van der Waals surface area (Å²) in [6.07, 6.45) is 1.25. The molecule has 0 fully saturated rings. The van der Waals surface area contributed by atoms with Crippen LogP contribution >= 0.6 is 22.6 Å². The molecule has 3 nitrogen and oxygen atoms in total. The molecule has 1 aromatic heterocycles. The number of aromatic nitrogens is 1. The van der Waals surface area contributed by atoms with E-state index in [0.717, 1.165) is 0 Å². The monoisotopic (exact) mass is 246 g/mol. The first-order valence-corrected chi connectivity index (χ1v) is 3.56. The van der Waals surface area contributed by atoms with Gasteiger partial charge >= 0.3 is 0 Å². The first-order valence-electron chi connectivity index (χ1n) is 2.48. The Labute approximate surface area is 71.5 Å². The molecule has 1 aromatic rings. The predicted molar refractivity (Wildman–Crippen MR) is 43.3 cm³/mol. The molecule has 10 heavy (non-hydrogen) atoms. The maximum absolute atomic E-state index is 8.86. The number of halogens is 1. The van der Waals surface area contributed by atoms with E-state index in [1.165, 1.54) is 12.3 Å². The summed E-state index contributed by atoms with van der Waals surface area (Å²) >= 11 is 1.94. The van der Waals surface area contributed by atoms with E-state index in [9.17, 15) is 0 Å². The molecule has 0 aliphatic carbocycles. The molecule has 1 heterocycles. The van der Waals surface area contributed by atoms with Gasteiger partial charge in [0, 0.05) is 0 Å². The van der Waals surface area contributed by atoms with E-state index < -0.39 is 0 Å². The number of hydrogen-bond donors (Lipinski definition) is 1. The molecule has 0 saturated carbocycles. The highest BCUT2D eigenvalue weighted by molar-refractivity contribution is 14.1. The molecule has 0 amide bonds. The van der Waals surface area contributed by atoms with Crippen molar-refractivity contribution in [2.45, 2.75) is 0 Å². The highest BCUT2D eigenvalue weighted by Crippen LogP contribution is 2.14. The molecule has 1 rings (SSSR count). The van der Waals surface area contributed by atoms with Gasteiger partial charge in [0.2, 0.25) is 0 Å². The SMILES string of the molecule is N#Cc1ncc(O)cc1I. The second-order valence-corrected chi connectivity index (χ2v) is 2.80. The Bertz CT molecular complexity index is 292. The van der Waals surface area contributed by atoms with Crippen molar-refractivity contribution < 1.29 is 5.11 Å². The van der Waals surface area contributed by atoms with Crippen LogP contribution in [0.15, 0.2) is 12.3 Å². The summed E-state index contributed by atoms with van der Waals surface area (Å²) in [6, 6.07) is 3.38. The maximum atomic E-state index is 8.86. The van der Waals surface area contributed by atoms with Crippen molar-refractivity contribution in [1.29, 1.82) is 5.26 Å². The Kier molecular flexibility index (Phi) is 2.06. The molecule has 0 aliphatic heterocycles. The Morgan fingerprint density at radius 3 is 2.90 bits per heavy atom. The molecular weight excluding hydrogens is 243 g/mol. The van der Waals surface area contributed by atoms with E-state index in [0.29, 0.717) is 9.26 Å². The minimum Gasteiger partial charge on any atom is -0.506 e. The van der Waals surface area contributed by atoms with Gasteiger partial charge in [-0.1, -0.05) is 0 Å². The maximum Gasteiger partial charge on any atom is 0.154 e. The Balaban J connectivity index is 3.23. The fraction of sp³-hybridized carbons (Fsp3) is 0. The quantitative estimate of drug-likeness (QED) is 0.701. The molecule has 0 spiro atoms. The lowest BCUT2D eigenvalue weighted by Crippen LogP contribution is -1.85. The van der Waals surface area contributed by atoms with E-state index in [-0.39, 0.29) is 5.75 Å². The van der Waals surface area contributed by atoms with Gasteiger partial charge in [0.25, 0.3) is 0 Å². The Morgan fingerprint density at radius 1 is 1.70 bits per heavy atom. The first kappa shape index (κ1) is 7.28. The molecule has 0 bridgehead atoms. The van der Waals surface area contributed by atoms with Crippen LogP contribution in [0, 0.1) is 14.9 Å². The van der Waals surface area contributed by atoms with E-state index in [4.69, 9.17) is 10.4 Å². The summed E-state index contributed by atoms with van der Waals surface area (Å²) in [7, 11) is 0.